The van der Waals surface area contributed by atoms with Crippen LogP contribution in [0.4, 0.5) is 0 Å². The highest BCUT2D eigenvalue weighted by molar-refractivity contribution is 7.15. The van der Waals surface area contributed by atoms with Crippen LogP contribution in [0.1, 0.15) is 29.1 Å². The summed E-state index contributed by atoms with van der Waals surface area (Å²) in [5, 5.41) is 2.75. The van der Waals surface area contributed by atoms with Crippen LogP contribution < -0.4 is 10.1 Å². The number of benzene rings is 1. The third-order valence-electron chi connectivity index (χ3n) is 2.88. The second-order valence-electron chi connectivity index (χ2n) is 4.64. The molecule has 0 unspecified atom stereocenters. The van der Waals surface area contributed by atoms with Gasteiger partial charge in [-0.1, -0.05) is 23.7 Å². The second-order valence-corrected chi connectivity index (χ2v) is 6.34. The van der Waals surface area contributed by atoms with E-state index in [0.717, 1.165) is 4.88 Å². The van der Waals surface area contributed by atoms with E-state index in [9.17, 15) is 9.59 Å². The molecule has 0 aliphatic rings. The van der Waals surface area contributed by atoms with E-state index < -0.39 is 6.10 Å². The number of halogens is 1. The van der Waals surface area contributed by atoms with Crippen LogP contribution >= 0.6 is 22.9 Å². The van der Waals surface area contributed by atoms with Gasteiger partial charge in [0.15, 0.2) is 16.4 Å². The minimum atomic E-state index is -0.675. The van der Waals surface area contributed by atoms with Crippen molar-refractivity contribution < 1.29 is 14.3 Å². The molecular formula is C15H15ClN2O3S. The number of rotatable bonds is 6. The van der Waals surface area contributed by atoms with Crippen molar-refractivity contribution in [2.75, 3.05) is 0 Å². The van der Waals surface area contributed by atoms with Crippen LogP contribution in [0.5, 0.6) is 5.75 Å². The molecule has 0 bridgehead atoms. The number of nitrogens with zero attached hydrogens (tertiary/aromatic N) is 1. The van der Waals surface area contributed by atoms with Crippen molar-refractivity contribution in [1.82, 2.24) is 10.3 Å². The maximum Gasteiger partial charge on any atom is 0.261 e. The first kappa shape index (κ1) is 16.5. The van der Waals surface area contributed by atoms with Crippen molar-refractivity contribution in [1.29, 1.82) is 0 Å². The van der Waals surface area contributed by atoms with E-state index in [0.29, 0.717) is 22.3 Å². The van der Waals surface area contributed by atoms with E-state index in [1.807, 2.05) is 0 Å². The highest BCUT2D eigenvalue weighted by Gasteiger charge is 2.15. The van der Waals surface area contributed by atoms with E-state index in [-0.39, 0.29) is 11.7 Å². The number of ether oxygens (including phenoxy) is 1. The van der Waals surface area contributed by atoms with Gasteiger partial charge in [-0.25, -0.2) is 4.98 Å². The molecular weight excluding hydrogens is 324 g/mol. The van der Waals surface area contributed by atoms with Crippen LogP contribution in [-0.4, -0.2) is 22.8 Å². The highest BCUT2D eigenvalue weighted by Crippen LogP contribution is 2.18. The van der Waals surface area contributed by atoms with Crippen LogP contribution in [0.3, 0.4) is 0 Å². The van der Waals surface area contributed by atoms with Crippen LogP contribution in [0.2, 0.25) is 4.47 Å². The van der Waals surface area contributed by atoms with Gasteiger partial charge in [0.05, 0.1) is 6.54 Å². The van der Waals surface area contributed by atoms with Crippen LogP contribution in [0, 0.1) is 0 Å². The summed E-state index contributed by atoms with van der Waals surface area (Å²) in [6.07, 6.45) is 0.945. The minimum absolute atomic E-state index is 0.0513. The molecule has 0 fully saturated rings. The Bertz CT molecular complexity index is 687. The molecule has 1 aromatic carbocycles. The molecule has 2 aromatic rings. The first-order valence-electron chi connectivity index (χ1n) is 6.61. The molecule has 0 aliphatic heterocycles. The molecule has 0 spiro atoms. The molecule has 0 saturated carbocycles. The Labute approximate surface area is 137 Å². The van der Waals surface area contributed by atoms with Crippen molar-refractivity contribution in [3.8, 4) is 5.75 Å². The summed E-state index contributed by atoms with van der Waals surface area (Å²) in [4.78, 5) is 28.1. The van der Waals surface area contributed by atoms with Crippen molar-refractivity contribution in [3.63, 3.8) is 0 Å². The van der Waals surface area contributed by atoms with Gasteiger partial charge in [-0.2, -0.15) is 0 Å². The normalized spacial score (nSPS) is 11.8. The maximum absolute atomic E-state index is 12.0. The van der Waals surface area contributed by atoms with Crippen LogP contribution in [-0.2, 0) is 11.3 Å². The van der Waals surface area contributed by atoms with Crippen molar-refractivity contribution in [2.24, 2.45) is 0 Å². The summed E-state index contributed by atoms with van der Waals surface area (Å²) in [6.45, 7) is 3.48. The zero-order valence-corrected chi connectivity index (χ0v) is 13.7. The van der Waals surface area contributed by atoms with Gasteiger partial charge in [-0.05, 0) is 26.0 Å². The van der Waals surface area contributed by atoms with E-state index >= 15 is 0 Å². The second kappa shape index (κ2) is 7.38. The van der Waals surface area contributed by atoms with Gasteiger partial charge in [0.2, 0.25) is 0 Å². The Kier molecular flexibility index (Phi) is 5.51. The average Bonchev–Trinajstić information content (AvgIpc) is 2.90. The number of Topliss-reactive ketones (excluding diaryl/α,β-unsaturated/α-hetero) is 1. The molecule has 0 saturated heterocycles. The molecule has 0 radical (unpaired) electrons. The smallest absolute Gasteiger partial charge is 0.261 e. The van der Waals surface area contributed by atoms with Crippen molar-refractivity contribution in [3.05, 3.63) is 45.4 Å². The Morgan fingerprint density at radius 3 is 2.86 bits per heavy atom. The average molecular weight is 339 g/mol. The van der Waals surface area contributed by atoms with E-state index in [2.05, 4.69) is 10.3 Å². The summed E-state index contributed by atoms with van der Waals surface area (Å²) in [5.41, 5.74) is 0.546. The number of hydrogen-bond donors (Lipinski definition) is 1. The Morgan fingerprint density at radius 1 is 1.45 bits per heavy atom. The molecule has 1 aromatic heterocycles. The molecule has 116 valence electrons. The first-order valence-corrected chi connectivity index (χ1v) is 7.80. The predicted molar refractivity (Wildman–Crippen MR) is 85.5 cm³/mol. The number of thiazole rings is 1. The Hall–Kier alpha value is -1.92. The van der Waals surface area contributed by atoms with Gasteiger partial charge in [-0.3, -0.25) is 9.59 Å². The minimum Gasteiger partial charge on any atom is -0.481 e. The molecule has 1 amide bonds. The highest BCUT2D eigenvalue weighted by atomic mass is 35.5. The van der Waals surface area contributed by atoms with Gasteiger partial charge in [-0.15, -0.1) is 11.3 Å². The van der Waals surface area contributed by atoms with E-state index in [4.69, 9.17) is 16.3 Å². The van der Waals surface area contributed by atoms with Gasteiger partial charge < -0.3 is 10.1 Å². The largest absolute Gasteiger partial charge is 0.481 e. The van der Waals surface area contributed by atoms with Crippen LogP contribution in [0.15, 0.2) is 30.5 Å². The number of hydrogen-bond acceptors (Lipinski definition) is 5. The first-order chi connectivity index (χ1) is 10.5. The standard InChI is InChI=1S/C15H15ClN2O3S/c1-9(19)11-4-3-5-12(6-11)21-10(2)14(20)17-7-13-8-18-15(16)22-13/h3-6,8,10H,7H2,1-2H3,(H,17,20)/t10-/m1/s1. The van der Waals surface area contributed by atoms with E-state index in [1.165, 1.54) is 18.3 Å². The summed E-state index contributed by atoms with van der Waals surface area (Å²) in [6, 6.07) is 6.75. The zero-order valence-electron chi connectivity index (χ0n) is 12.1. The number of carbonyl (C=O) groups excluding carboxylic acids is 2. The predicted octanol–water partition coefficient (Wildman–Crippen LogP) is 3.08. The van der Waals surface area contributed by atoms with E-state index in [1.54, 1.807) is 37.4 Å². The lowest BCUT2D eigenvalue weighted by Crippen LogP contribution is -2.35. The molecule has 1 heterocycles. The summed E-state index contributed by atoms with van der Waals surface area (Å²) in [7, 11) is 0. The number of aromatic nitrogens is 1. The molecule has 1 atom stereocenters. The topological polar surface area (TPSA) is 68.3 Å². The number of ketones is 1. The van der Waals surface area contributed by atoms with Gasteiger partial charge in [0, 0.05) is 16.6 Å². The lowest BCUT2D eigenvalue weighted by molar-refractivity contribution is -0.127. The lowest BCUT2D eigenvalue weighted by Gasteiger charge is -2.14. The summed E-state index contributed by atoms with van der Waals surface area (Å²) < 4.78 is 6.00. The molecule has 0 aliphatic carbocycles. The van der Waals surface area contributed by atoms with Crippen LogP contribution in [0.25, 0.3) is 0 Å². The fraction of sp³-hybridized carbons (Fsp3) is 0.267. The van der Waals surface area contributed by atoms with Crippen molar-refractivity contribution >= 4 is 34.6 Å². The zero-order chi connectivity index (χ0) is 16.1. The molecule has 7 heteroatoms. The third kappa shape index (κ3) is 4.54. The quantitative estimate of drug-likeness (QED) is 0.822. The number of nitrogens with one attached hydrogen (secondary N) is 1. The monoisotopic (exact) mass is 338 g/mol. The van der Waals surface area contributed by atoms with Gasteiger partial charge in [0.25, 0.3) is 5.91 Å². The molecule has 22 heavy (non-hydrogen) atoms. The molecule has 5 nitrogen and oxygen atoms in total. The number of amides is 1. The Morgan fingerprint density at radius 2 is 2.23 bits per heavy atom. The maximum atomic E-state index is 12.0. The molecule has 1 N–H and O–H groups in total. The van der Waals surface area contributed by atoms with Crippen molar-refractivity contribution in [2.45, 2.75) is 26.5 Å². The van der Waals surface area contributed by atoms with Gasteiger partial charge in [0.1, 0.15) is 5.75 Å². The Balaban J connectivity index is 1.90. The SMILES string of the molecule is CC(=O)c1cccc(O[C@H](C)C(=O)NCc2cnc(Cl)s2)c1. The third-order valence-corrected chi connectivity index (χ3v) is 4.00. The fourth-order valence-electron chi connectivity index (χ4n) is 1.73. The molecule has 2 rings (SSSR count). The fourth-order valence-corrected chi connectivity index (χ4v) is 2.65. The number of carbonyl (C=O) groups is 2. The van der Waals surface area contributed by atoms with Gasteiger partial charge >= 0.3 is 0 Å². The summed E-state index contributed by atoms with van der Waals surface area (Å²) in [5.74, 6) is 0.179. The summed E-state index contributed by atoms with van der Waals surface area (Å²) >= 11 is 7.04. The lowest BCUT2D eigenvalue weighted by atomic mass is 10.1.